The summed E-state index contributed by atoms with van der Waals surface area (Å²) in [6.45, 7) is 2.25. The predicted octanol–water partition coefficient (Wildman–Crippen LogP) is 4.73. The first-order valence-electron chi connectivity index (χ1n) is 7.98. The van der Waals surface area contributed by atoms with Crippen LogP contribution in [-0.4, -0.2) is 36.1 Å². The van der Waals surface area contributed by atoms with Gasteiger partial charge in [0.15, 0.2) is 0 Å². The number of carboxylic acids is 1. The number of likely N-dealkylation sites (N-methyl/N-ethyl adjacent to an activating group) is 1. The molecule has 0 aromatic carbocycles. The molecular weight excluding hydrogens is 274 g/mol. The Morgan fingerprint density at radius 3 is 1.65 bits per heavy atom. The van der Waals surface area contributed by atoms with E-state index in [2.05, 4.69) is 6.92 Å². The number of aliphatic carboxylic acids is 1. The molecule has 0 heterocycles. The second-order valence-electron chi connectivity index (χ2n) is 5.79. The van der Waals surface area contributed by atoms with E-state index in [0.29, 0.717) is 0 Å². The van der Waals surface area contributed by atoms with Crippen molar-refractivity contribution in [2.45, 2.75) is 83.6 Å². The summed E-state index contributed by atoms with van der Waals surface area (Å²) in [5.41, 5.74) is 0. The molecule has 4 heteroatoms. The number of rotatable bonds is 13. The van der Waals surface area contributed by atoms with Crippen LogP contribution in [0.1, 0.15) is 77.6 Å². The minimum atomic E-state index is -0.694. The summed E-state index contributed by atoms with van der Waals surface area (Å²) < 4.78 is 0. The lowest BCUT2D eigenvalue weighted by molar-refractivity contribution is -0.142. The van der Waals surface area contributed by atoms with Crippen LogP contribution in [0.3, 0.4) is 0 Å². The van der Waals surface area contributed by atoms with E-state index in [-0.39, 0.29) is 18.4 Å². The smallest absolute Gasteiger partial charge is 0.320 e. The molecule has 0 unspecified atom stereocenters. The van der Waals surface area contributed by atoms with Crippen molar-refractivity contribution in [2.24, 2.45) is 0 Å². The van der Waals surface area contributed by atoms with Crippen LogP contribution in [0.5, 0.6) is 0 Å². The van der Waals surface area contributed by atoms with Crippen molar-refractivity contribution in [3.8, 4) is 0 Å². The maximum atomic E-state index is 11.0. The molecule has 20 heavy (non-hydrogen) atoms. The minimum Gasteiger partial charge on any atom is -0.480 e. The topological polar surface area (TPSA) is 40.5 Å². The van der Waals surface area contributed by atoms with Gasteiger partial charge >= 0.3 is 5.97 Å². The van der Waals surface area contributed by atoms with Gasteiger partial charge in [0.1, 0.15) is 6.04 Å². The van der Waals surface area contributed by atoms with Crippen LogP contribution in [0.4, 0.5) is 0 Å². The highest BCUT2D eigenvalue weighted by Gasteiger charge is 2.18. The first kappa shape index (κ1) is 22.0. The average Bonchev–Trinajstić information content (AvgIpc) is 2.35. The summed E-state index contributed by atoms with van der Waals surface area (Å²) in [5.74, 6) is -0.694. The van der Waals surface area contributed by atoms with Crippen molar-refractivity contribution in [3.63, 3.8) is 0 Å². The highest BCUT2D eigenvalue weighted by atomic mass is 35.5. The highest BCUT2D eigenvalue weighted by molar-refractivity contribution is 5.85. The van der Waals surface area contributed by atoms with E-state index in [9.17, 15) is 4.79 Å². The molecule has 0 spiro atoms. The summed E-state index contributed by atoms with van der Waals surface area (Å²) in [4.78, 5) is 12.8. The third kappa shape index (κ3) is 12.7. The zero-order chi connectivity index (χ0) is 14.5. The standard InChI is InChI=1S/C16H33NO2.ClH/c1-4-5-6-7-8-9-10-11-12-13-14-15(16(18)19)17(2)3;/h15H,4-14H2,1-3H3,(H,18,19);1H/t15-;/m0./s1. The number of hydrogen-bond donors (Lipinski definition) is 1. The first-order chi connectivity index (χ1) is 9.09. The van der Waals surface area contributed by atoms with E-state index in [1.165, 1.54) is 57.8 Å². The number of halogens is 1. The number of unbranched alkanes of at least 4 members (excludes halogenated alkanes) is 9. The number of nitrogens with zero attached hydrogens (tertiary/aromatic N) is 1. The number of carbonyl (C=O) groups is 1. The second kappa shape index (κ2) is 15.1. The molecule has 0 aliphatic carbocycles. The average molecular weight is 308 g/mol. The van der Waals surface area contributed by atoms with Gasteiger partial charge < -0.3 is 5.11 Å². The lowest BCUT2D eigenvalue weighted by atomic mass is 10.0. The van der Waals surface area contributed by atoms with Crippen LogP contribution in [0.2, 0.25) is 0 Å². The molecule has 0 rings (SSSR count). The van der Waals surface area contributed by atoms with Gasteiger partial charge in [-0.05, 0) is 20.5 Å². The molecule has 1 N–H and O–H groups in total. The quantitative estimate of drug-likeness (QED) is 0.500. The normalized spacial score (nSPS) is 12.2. The van der Waals surface area contributed by atoms with Gasteiger partial charge in [0.25, 0.3) is 0 Å². The summed E-state index contributed by atoms with van der Waals surface area (Å²) in [6.07, 6.45) is 13.7. The molecule has 122 valence electrons. The molecule has 1 atom stereocenters. The minimum absolute atomic E-state index is 0. The van der Waals surface area contributed by atoms with Crippen LogP contribution >= 0.6 is 12.4 Å². The molecule has 0 saturated carbocycles. The Morgan fingerprint density at radius 1 is 0.900 bits per heavy atom. The molecule has 3 nitrogen and oxygen atoms in total. The van der Waals surface area contributed by atoms with Crippen LogP contribution < -0.4 is 0 Å². The van der Waals surface area contributed by atoms with E-state index in [1.807, 2.05) is 14.1 Å². The van der Waals surface area contributed by atoms with Gasteiger partial charge in [0.2, 0.25) is 0 Å². The van der Waals surface area contributed by atoms with Gasteiger partial charge in [-0.15, -0.1) is 12.4 Å². The second-order valence-corrected chi connectivity index (χ2v) is 5.79. The zero-order valence-corrected chi connectivity index (χ0v) is 14.4. The van der Waals surface area contributed by atoms with E-state index < -0.39 is 5.97 Å². The Kier molecular flexibility index (Phi) is 16.6. The Morgan fingerprint density at radius 2 is 1.30 bits per heavy atom. The molecule has 0 aliphatic rings. The fourth-order valence-electron chi connectivity index (χ4n) is 2.43. The van der Waals surface area contributed by atoms with Crippen LogP contribution in [0.15, 0.2) is 0 Å². The third-order valence-electron chi connectivity index (χ3n) is 3.74. The van der Waals surface area contributed by atoms with E-state index in [0.717, 1.165) is 12.8 Å². The molecule has 0 aromatic rings. The molecule has 0 fully saturated rings. The summed E-state index contributed by atoms with van der Waals surface area (Å²) in [5, 5.41) is 9.05. The van der Waals surface area contributed by atoms with E-state index >= 15 is 0 Å². The van der Waals surface area contributed by atoms with Crippen LogP contribution in [0.25, 0.3) is 0 Å². The lowest BCUT2D eigenvalue weighted by Crippen LogP contribution is -2.35. The molecule has 0 radical (unpaired) electrons. The van der Waals surface area contributed by atoms with Crippen molar-refractivity contribution in [1.82, 2.24) is 4.90 Å². The Labute approximate surface area is 131 Å². The molecule has 0 saturated heterocycles. The largest absolute Gasteiger partial charge is 0.480 e. The van der Waals surface area contributed by atoms with Crippen molar-refractivity contribution in [2.75, 3.05) is 14.1 Å². The zero-order valence-electron chi connectivity index (χ0n) is 13.6. The maximum absolute atomic E-state index is 11.0. The Hall–Kier alpha value is -0.280. The van der Waals surface area contributed by atoms with Gasteiger partial charge in [0.05, 0.1) is 0 Å². The van der Waals surface area contributed by atoms with Gasteiger partial charge in [-0.1, -0.05) is 71.1 Å². The Balaban J connectivity index is 0. The van der Waals surface area contributed by atoms with Crippen LogP contribution in [-0.2, 0) is 4.79 Å². The number of carboxylic acid groups (broad SMARTS) is 1. The fourth-order valence-corrected chi connectivity index (χ4v) is 2.43. The third-order valence-corrected chi connectivity index (χ3v) is 3.74. The Bertz CT molecular complexity index is 223. The van der Waals surface area contributed by atoms with Crippen molar-refractivity contribution in [3.05, 3.63) is 0 Å². The van der Waals surface area contributed by atoms with Crippen molar-refractivity contribution >= 4 is 18.4 Å². The summed E-state index contributed by atoms with van der Waals surface area (Å²) >= 11 is 0. The van der Waals surface area contributed by atoms with Gasteiger partial charge in [-0.2, -0.15) is 0 Å². The lowest BCUT2D eigenvalue weighted by Gasteiger charge is -2.19. The molecule has 0 amide bonds. The maximum Gasteiger partial charge on any atom is 0.320 e. The molecule has 0 bridgehead atoms. The molecule has 0 aliphatic heterocycles. The fraction of sp³-hybridized carbons (Fsp3) is 0.938. The van der Waals surface area contributed by atoms with Gasteiger partial charge in [-0.25, -0.2) is 0 Å². The number of hydrogen-bond acceptors (Lipinski definition) is 2. The van der Waals surface area contributed by atoms with E-state index in [1.54, 1.807) is 4.90 Å². The summed E-state index contributed by atoms with van der Waals surface area (Å²) in [6, 6.07) is -0.311. The first-order valence-corrected chi connectivity index (χ1v) is 7.98. The summed E-state index contributed by atoms with van der Waals surface area (Å²) in [7, 11) is 3.68. The van der Waals surface area contributed by atoms with E-state index in [4.69, 9.17) is 5.11 Å². The predicted molar refractivity (Wildman–Crippen MR) is 88.8 cm³/mol. The van der Waals surface area contributed by atoms with Crippen molar-refractivity contribution < 1.29 is 9.90 Å². The van der Waals surface area contributed by atoms with Gasteiger partial charge in [-0.3, -0.25) is 9.69 Å². The monoisotopic (exact) mass is 307 g/mol. The SMILES string of the molecule is CCCCCCCCCCCC[C@@H](C(=O)O)N(C)C.Cl. The van der Waals surface area contributed by atoms with Crippen LogP contribution in [0, 0.1) is 0 Å². The highest BCUT2D eigenvalue weighted by Crippen LogP contribution is 2.13. The molecule has 0 aromatic heterocycles. The molecular formula is C16H34ClNO2. The van der Waals surface area contributed by atoms with Crippen molar-refractivity contribution in [1.29, 1.82) is 0 Å². The van der Waals surface area contributed by atoms with Gasteiger partial charge in [0, 0.05) is 0 Å².